The molecule has 0 aromatic carbocycles. The van der Waals surface area contributed by atoms with E-state index in [1.165, 1.54) is 24.0 Å². The van der Waals surface area contributed by atoms with Crippen molar-refractivity contribution in [2.75, 3.05) is 32.8 Å². The molecule has 0 aliphatic carbocycles. The van der Waals surface area contributed by atoms with E-state index in [2.05, 4.69) is 20.6 Å². The normalized spacial score (nSPS) is 14.4. The lowest BCUT2D eigenvalue weighted by atomic mass is 9.97. The molecule has 7 nitrogen and oxygen atoms in total. The summed E-state index contributed by atoms with van der Waals surface area (Å²) in [6.07, 6.45) is -2.14. The molecule has 1 rings (SSSR count). The van der Waals surface area contributed by atoms with Gasteiger partial charge in [0.1, 0.15) is 5.82 Å². The molecule has 0 amide bonds. The smallest absolute Gasteiger partial charge is 0.382 e. The molecular weight excluding hydrogens is 478 g/mol. The lowest BCUT2D eigenvalue weighted by Crippen LogP contribution is -2.48. The molecule has 0 aliphatic rings. The number of halogens is 4. The van der Waals surface area contributed by atoms with Gasteiger partial charge in [-0.25, -0.2) is 4.98 Å². The predicted octanol–water partition coefficient (Wildman–Crippen LogP) is 2.16. The maximum atomic E-state index is 13.5. The topological polar surface area (TPSA) is 83.7 Å². The van der Waals surface area contributed by atoms with Crippen LogP contribution in [0.4, 0.5) is 13.2 Å². The summed E-state index contributed by atoms with van der Waals surface area (Å²) in [7, 11) is 1.41. The van der Waals surface area contributed by atoms with Crippen molar-refractivity contribution < 1.29 is 23.0 Å². The zero-order valence-corrected chi connectivity index (χ0v) is 18.2. The average molecular weight is 507 g/mol. The Balaban J connectivity index is 0.00000676. The van der Waals surface area contributed by atoms with Crippen molar-refractivity contribution in [3.05, 3.63) is 18.2 Å². The summed E-state index contributed by atoms with van der Waals surface area (Å²) in [5.74, 6) is -0.0428. The minimum Gasteiger partial charge on any atom is -0.382 e. The minimum atomic E-state index is -4.85. The van der Waals surface area contributed by atoms with E-state index in [9.17, 15) is 18.3 Å². The van der Waals surface area contributed by atoms with E-state index >= 15 is 0 Å². The van der Waals surface area contributed by atoms with Crippen LogP contribution < -0.4 is 10.6 Å². The Hall–Kier alpha value is -1.08. The van der Waals surface area contributed by atoms with Gasteiger partial charge in [-0.15, -0.1) is 24.0 Å². The number of rotatable bonds is 10. The molecule has 0 fully saturated rings. The standard InChI is InChI=1S/C16H28F3N5O2.HI/c1-4-20-14(22-8-6-12-26-5-2)23-9-7-15(25,16(17,18)19)13-21-10-11-24(13)3;/h10-11,25H,4-9,12H2,1-3H3,(H2,20,22,23);1H. The van der Waals surface area contributed by atoms with Crippen molar-refractivity contribution in [1.82, 2.24) is 20.2 Å². The number of aliphatic imine (C=N–C) groups is 1. The summed E-state index contributed by atoms with van der Waals surface area (Å²) in [5.41, 5.74) is -3.04. The largest absolute Gasteiger partial charge is 0.424 e. The monoisotopic (exact) mass is 507 g/mol. The molecule has 0 radical (unpaired) electrons. The highest BCUT2D eigenvalue weighted by molar-refractivity contribution is 14.0. The number of ether oxygens (including phenoxy) is 1. The van der Waals surface area contributed by atoms with Crippen molar-refractivity contribution in [2.24, 2.45) is 12.0 Å². The number of aryl methyl sites for hydroxylation is 1. The molecule has 3 N–H and O–H groups in total. The number of hydrogen-bond donors (Lipinski definition) is 3. The van der Waals surface area contributed by atoms with Gasteiger partial charge >= 0.3 is 6.18 Å². The molecular formula is C16H29F3IN5O2. The number of imidazole rings is 1. The van der Waals surface area contributed by atoms with E-state index in [1.54, 1.807) is 0 Å². The summed E-state index contributed by atoms with van der Waals surface area (Å²) in [6, 6.07) is 0. The highest BCUT2D eigenvalue weighted by Gasteiger charge is 2.57. The quantitative estimate of drug-likeness (QED) is 0.196. The maximum absolute atomic E-state index is 13.5. The van der Waals surface area contributed by atoms with Crippen LogP contribution in [0.25, 0.3) is 0 Å². The first-order valence-electron chi connectivity index (χ1n) is 8.63. The lowest BCUT2D eigenvalue weighted by molar-refractivity contribution is -0.272. The third-order valence-corrected chi connectivity index (χ3v) is 3.70. The van der Waals surface area contributed by atoms with Gasteiger partial charge in [0.05, 0.1) is 0 Å². The van der Waals surface area contributed by atoms with Crippen LogP contribution in [0.3, 0.4) is 0 Å². The van der Waals surface area contributed by atoms with Gasteiger partial charge in [0.25, 0.3) is 0 Å². The molecule has 0 spiro atoms. The molecule has 1 aromatic rings. The third kappa shape index (κ3) is 7.82. The molecule has 1 aromatic heterocycles. The second kappa shape index (κ2) is 12.4. The summed E-state index contributed by atoms with van der Waals surface area (Å²) in [6.45, 7) is 5.89. The second-order valence-electron chi connectivity index (χ2n) is 5.71. The average Bonchev–Trinajstić information content (AvgIpc) is 3.00. The van der Waals surface area contributed by atoms with Crippen molar-refractivity contribution in [3.8, 4) is 0 Å². The molecule has 158 valence electrons. The summed E-state index contributed by atoms with van der Waals surface area (Å²) < 4.78 is 46.7. The third-order valence-electron chi connectivity index (χ3n) is 3.70. The van der Waals surface area contributed by atoms with Gasteiger partial charge in [0, 0.05) is 58.7 Å². The predicted molar refractivity (Wildman–Crippen MR) is 108 cm³/mol. The van der Waals surface area contributed by atoms with Crippen LogP contribution in [0, 0.1) is 0 Å². The fourth-order valence-electron chi connectivity index (χ4n) is 2.35. The SMILES string of the molecule is CCNC(=NCCCOCC)NCCC(O)(c1nccn1C)C(F)(F)F.I. The van der Waals surface area contributed by atoms with Crippen LogP contribution in [0.2, 0.25) is 0 Å². The Bertz CT molecular complexity index is 568. The first kappa shape index (κ1) is 25.9. The summed E-state index contributed by atoms with van der Waals surface area (Å²) >= 11 is 0. The molecule has 27 heavy (non-hydrogen) atoms. The highest BCUT2D eigenvalue weighted by atomic mass is 127. The Morgan fingerprint density at radius 2 is 2.04 bits per heavy atom. The molecule has 1 atom stereocenters. The number of aromatic nitrogens is 2. The first-order valence-corrected chi connectivity index (χ1v) is 8.63. The van der Waals surface area contributed by atoms with Crippen LogP contribution in [-0.4, -0.2) is 59.6 Å². The van der Waals surface area contributed by atoms with Gasteiger partial charge in [-0.3, -0.25) is 4.99 Å². The van der Waals surface area contributed by atoms with Crippen LogP contribution in [0.1, 0.15) is 32.5 Å². The van der Waals surface area contributed by atoms with Gasteiger partial charge < -0.3 is 25.0 Å². The number of aliphatic hydroxyl groups is 1. The highest BCUT2D eigenvalue weighted by Crippen LogP contribution is 2.40. The molecule has 11 heteroatoms. The van der Waals surface area contributed by atoms with Crippen molar-refractivity contribution in [3.63, 3.8) is 0 Å². The Morgan fingerprint density at radius 3 is 2.56 bits per heavy atom. The number of hydrogen-bond acceptors (Lipinski definition) is 4. The van der Waals surface area contributed by atoms with Crippen molar-refractivity contribution in [1.29, 1.82) is 0 Å². The summed E-state index contributed by atoms with van der Waals surface area (Å²) in [5, 5.41) is 16.1. The molecule has 0 bridgehead atoms. The van der Waals surface area contributed by atoms with Crippen LogP contribution in [0.5, 0.6) is 0 Å². The minimum absolute atomic E-state index is 0. The fourth-order valence-corrected chi connectivity index (χ4v) is 2.35. The molecule has 0 saturated heterocycles. The maximum Gasteiger partial charge on any atom is 0.424 e. The Kier molecular flexibility index (Phi) is 11.9. The van der Waals surface area contributed by atoms with E-state index in [0.717, 1.165) is 0 Å². The Morgan fingerprint density at radius 1 is 1.33 bits per heavy atom. The van der Waals surface area contributed by atoms with Gasteiger partial charge in [0.2, 0.25) is 5.60 Å². The molecule has 0 aliphatic heterocycles. The zero-order chi connectivity index (χ0) is 19.6. The lowest BCUT2D eigenvalue weighted by Gasteiger charge is -2.30. The number of nitrogens with zero attached hydrogens (tertiary/aromatic N) is 3. The van der Waals surface area contributed by atoms with E-state index in [1.807, 2.05) is 13.8 Å². The van der Waals surface area contributed by atoms with E-state index in [0.29, 0.717) is 38.7 Å². The number of nitrogens with one attached hydrogen (secondary N) is 2. The van der Waals surface area contributed by atoms with E-state index in [4.69, 9.17) is 4.74 Å². The molecule has 1 unspecified atom stereocenters. The van der Waals surface area contributed by atoms with Crippen LogP contribution in [0.15, 0.2) is 17.4 Å². The number of alkyl halides is 3. The number of guanidine groups is 1. The van der Waals surface area contributed by atoms with Gasteiger partial charge in [-0.05, 0) is 20.3 Å². The summed E-state index contributed by atoms with van der Waals surface area (Å²) in [4.78, 5) is 7.95. The van der Waals surface area contributed by atoms with Gasteiger partial charge in [-0.1, -0.05) is 0 Å². The molecule has 0 saturated carbocycles. The van der Waals surface area contributed by atoms with Crippen molar-refractivity contribution in [2.45, 2.75) is 38.5 Å². The fraction of sp³-hybridized carbons (Fsp3) is 0.750. The Labute approximate surface area is 174 Å². The molecule has 1 heterocycles. The zero-order valence-electron chi connectivity index (χ0n) is 15.8. The van der Waals surface area contributed by atoms with Crippen LogP contribution >= 0.6 is 24.0 Å². The second-order valence-corrected chi connectivity index (χ2v) is 5.71. The van der Waals surface area contributed by atoms with Gasteiger partial charge in [0.15, 0.2) is 5.96 Å². The van der Waals surface area contributed by atoms with Crippen molar-refractivity contribution >= 4 is 29.9 Å². The van der Waals surface area contributed by atoms with E-state index in [-0.39, 0.29) is 30.5 Å². The van der Waals surface area contributed by atoms with E-state index < -0.39 is 24.0 Å². The first-order chi connectivity index (χ1) is 12.3. The van der Waals surface area contributed by atoms with Crippen LogP contribution in [-0.2, 0) is 17.4 Å². The van der Waals surface area contributed by atoms with Gasteiger partial charge in [-0.2, -0.15) is 13.2 Å².